The Balaban J connectivity index is 1.72. The van der Waals surface area contributed by atoms with Gasteiger partial charge in [-0.25, -0.2) is 0 Å². The summed E-state index contributed by atoms with van der Waals surface area (Å²) in [5, 5.41) is 0. The zero-order chi connectivity index (χ0) is 11.7. The molecular weight excluding hydrogens is 212 g/mol. The molecule has 17 heavy (non-hydrogen) atoms. The molecule has 0 radical (unpaired) electrons. The fourth-order valence-electron chi connectivity index (χ4n) is 2.74. The SMILES string of the molecule is O=C(c1ccc(C2CCCCC2)cc1)C1CO1. The molecule has 2 nitrogen and oxygen atoms in total. The van der Waals surface area contributed by atoms with E-state index in [0.29, 0.717) is 12.5 Å². The number of epoxide rings is 1. The molecule has 1 aromatic carbocycles. The van der Waals surface area contributed by atoms with E-state index in [1.54, 1.807) is 0 Å². The average Bonchev–Trinajstić information content (AvgIpc) is 3.24. The van der Waals surface area contributed by atoms with E-state index in [-0.39, 0.29) is 11.9 Å². The number of Topliss-reactive ketones (excluding diaryl/α,β-unsaturated/α-hetero) is 1. The van der Waals surface area contributed by atoms with Gasteiger partial charge in [0, 0.05) is 5.56 Å². The van der Waals surface area contributed by atoms with Gasteiger partial charge >= 0.3 is 0 Å². The van der Waals surface area contributed by atoms with Gasteiger partial charge in [-0.15, -0.1) is 0 Å². The first-order valence-corrected chi connectivity index (χ1v) is 6.60. The molecular formula is C15H18O2. The summed E-state index contributed by atoms with van der Waals surface area (Å²) in [5.41, 5.74) is 2.20. The highest BCUT2D eigenvalue weighted by atomic mass is 16.6. The summed E-state index contributed by atoms with van der Waals surface area (Å²) in [4.78, 5) is 11.8. The van der Waals surface area contributed by atoms with Gasteiger partial charge < -0.3 is 4.74 Å². The molecule has 0 N–H and O–H groups in total. The summed E-state index contributed by atoms with van der Waals surface area (Å²) in [6, 6.07) is 8.19. The number of carbonyl (C=O) groups excluding carboxylic acids is 1. The third kappa shape index (κ3) is 2.42. The first kappa shape index (κ1) is 11.0. The van der Waals surface area contributed by atoms with Gasteiger partial charge in [0.2, 0.25) is 0 Å². The fourth-order valence-corrected chi connectivity index (χ4v) is 2.74. The quantitative estimate of drug-likeness (QED) is 0.589. The Kier molecular flexibility index (Phi) is 2.98. The Morgan fingerprint density at radius 3 is 2.29 bits per heavy atom. The Morgan fingerprint density at radius 1 is 1.06 bits per heavy atom. The zero-order valence-electron chi connectivity index (χ0n) is 10.0. The largest absolute Gasteiger partial charge is 0.364 e. The van der Waals surface area contributed by atoms with Crippen molar-refractivity contribution >= 4 is 5.78 Å². The first-order chi connectivity index (χ1) is 8.34. The summed E-state index contributed by atoms with van der Waals surface area (Å²) >= 11 is 0. The molecule has 0 spiro atoms. The summed E-state index contributed by atoms with van der Waals surface area (Å²) in [6.07, 6.45) is 6.53. The molecule has 90 valence electrons. The molecule has 1 aromatic rings. The molecule has 1 aliphatic heterocycles. The maximum absolute atomic E-state index is 11.8. The first-order valence-electron chi connectivity index (χ1n) is 6.60. The Labute approximate surface area is 102 Å². The second-order valence-electron chi connectivity index (χ2n) is 5.14. The van der Waals surface area contributed by atoms with Crippen LogP contribution in [0.2, 0.25) is 0 Å². The van der Waals surface area contributed by atoms with E-state index in [4.69, 9.17) is 4.74 Å². The number of hydrogen-bond acceptors (Lipinski definition) is 2. The topological polar surface area (TPSA) is 29.6 Å². The van der Waals surface area contributed by atoms with Crippen molar-refractivity contribution in [3.05, 3.63) is 35.4 Å². The van der Waals surface area contributed by atoms with Gasteiger partial charge in [-0.2, -0.15) is 0 Å². The van der Waals surface area contributed by atoms with Crippen molar-refractivity contribution in [3.63, 3.8) is 0 Å². The van der Waals surface area contributed by atoms with Gasteiger partial charge in [0.1, 0.15) is 6.10 Å². The Hall–Kier alpha value is -1.15. The number of rotatable bonds is 3. The van der Waals surface area contributed by atoms with Crippen LogP contribution in [0.4, 0.5) is 0 Å². The van der Waals surface area contributed by atoms with Crippen LogP contribution in [0.15, 0.2) is 24.3 Å². The molecule has 0 aromatic heterocycles. The number of benzene rings is 1. The minimum absolute atomic E-state index is 0.139. The van der Waals surface area contributed by atoms with E-state index in [1.807, 2.05) is 12.1 Å². The molecule has 1 heterocycles. The predicted octanol–water partition coefficient (Wildman–Crippen LogP) is 3.32. The molecule has 1 unspecified atom stereocenters. The highest BCUT2D eigenvalue weighted by molar-refractivity contribution is 6.00. The van der Waals surface area contributed by atoms with Gasteiger partial charge in [0.15, 0.2) is 5.78 Å². The molecule has 0 bridgehead atoms. The van der Waals surface area contributed by atoms with Crippen molar-refractivity contribution in [3.8, 4) is 0 Å². The van der Waals surface area contributed by atoms with Crippen LogP contribution in [-0.2, 0) is 4.74 Å². The van der Waals surface area contributed by atoms with Gasteiger partial charge in [-0.05, 0) is 24.3 Å². The van der Waals surface area contributed by atoms with Crippen LogP contribution in [0, 0.1) is 0 Å². The monoisotopic (exact) mass is 230 g/mol. The van der Waals surface area contributed by atoms with E-state index in [2.05, 4.69) is 12.1 Å². The maximum Gasteiger partial charge on any atom is 0.193 e. The lowest BCUT2D eigenvalue weighted by molar-refractivity contribution is 0.0953. The smallest absolute Gasteiger partial charge is 0.193 e. The molecule has 2 fully saturated rings. The van der Waals surface area contributed by atoms with E-state index >= 15 is 0 Å². The van der Waals surface area contributed by atoms with Crippen LogP contribution in [-0.4, -0.2) is 18.5 Å². The lowest BCUT2D eigenvalue weighted by Crippen LogP contribution is -2.08. The molecule has 1 atom stereocenters. The molecule has 0 amide bonds. The van der Waals surface area contributed by atoms with E-state index in [9.17, 15) is 4.79 Å². The van der Waals surface area contributed by atoms with Crippen molar-refractivity contribution in [2.45, 2.75) is 44.1 Å². The average molecular weight is 230 g/mol. The number of hydrogen-bond donors (Lipinski definition) is 0. The summed E-state index contributed by atoms with van der Waals surface area (Å²) < 4.78 is 5.02. The lowest BCUT2D eigenvalue weighted by Gasteiger charge is -2.21. The van der Waals surface area contributed by atoms with Crippen molar-refractivity contribution < 1.29 is 9.53 Å². The Morgan fingerprint density at radius 2 is 1.71 bits per heavy atom. The van der Waals surface area contributed by atoms with Crippen LogP contribution < -0.4 is 0 Å². The van der Waals surface area contributed by atoms with Gasteiger partial charge in [0.05, 0.1) is 6.61 Å². The third-order valence-electron chi connectivity index (χ3n) is 3.90. The van der Waals surface area contributed by atoms with Gasteiger partial charge in [-0.3, -0.25) is 4.79 Å². The predicted molar refractivity (Wildman–Crippen MR) is 66.3 cm³/mol. The highest BCUT2D eigenvalue weighted by Crippen LogP contribution is 2.32. The van der Waals surface area contributed by atoms with Crippen molar-refractivity contribution in [1.82, 2.24) is 0 Å². The molecule has 2 heteroatoms. The summed E-state index contributed by atoms with van der Waals surface area (Å²) in [6.45, 7) is 0.600. The zero-order valence-corrected chi connectivity index (χ0v) is 10.0. The minimum Gasteiger partial charge on any atom is -0.364 e. The van der Waals surface area contributed by atoms with E-state index in [1.165, 1.54) is 37.7 Å². The normalized spacial score (nSPS) is 24.6. The Bertz CT molecular complexity index is 397. The molecule has 1 aliphatic carbocycles. The highest BCUT2D eigenvalue weighted by Gasteiger charge is 2.31. The van der Waals surface area contributed by atoms with Crippen LogP contribution in [0.1, 0.15) is 53.9 Å². The van der Waals surface area contributed by atoms with Crippen LogP contribution in [0.3, 0.4) is 0 Å². The fraction of sp³-hybridized carbons (Fsp3) is 0.533. The maximum atomic E-state index is 11.8. The number of carbonyl (C=O) groups is 1. The molecule has 2 aliphatic rings. The lowest BCUT2D eigenvalue weighted by atomic mass is 9.84. The van der Waals surface area contributed by atoms with Crippen LogP contribution in [0.5, 0.6) is 0 Å². The second kappa shape index (κ2) is 4.61. The molecule has 1 saturated carbocycles. The van der Waals surface area contributed by atoms with Crippen LogP contribution >= 0.6 is 0 Å². The summed E-state index contributed by atoms with van der Waals surface area (Å²) in [7, 11) is 0. The second-order valence-corrected chi connectivity index (χ2v) is 5.14. The minimum atomic E-state index is -0.157. The third-order valence-corrected chi connectivity index (χ3v) is 3.90. The van der Waals surface area contributed by atoms with Crippen molar-refractivity contribution in [2.75, 3.05) is 6.61 Å². The number of ether oxygens (including phenoxy) is 1. The van der Waals surface area contributed by atoms with Crippen molar-refractivity contribution in [1.29, 1.82) is 0 Å². The van der Waals surface area contributed by atoms with Gasteiger partial charge in [0.25, 0.3) is 0 Å². The van der Waals surface area contributed by atoms with E-state index in [0.717, 1.165) is 5.56 Å². The van der Waals surface area contributed by atoms with Crippen LogP contribution in [0.25, 0.3) is 0 Å². The summed E-state index contributed by atoms with van der Waals surface area (Å²) in [5.74, 6) is 0.852. The van der Waals surface area contributed by atoms with Gasteiger partial charge in [-0.1, -0.05) is 43.5 Å². The van der Waals surface area contributed by atoms with Crippen molar-refractivity contribution in [2.24, 2.45) is 0 Å². The number of ketones is 1. The molecule has 1 saturated heterocycles. The van der Waals surface area contributed by atoms with E-state index < -0.39 is 0 Å². The molecule has 3 rings (SSSR count). The standard InChI is InChI=1S/C15H18O2/c16-15(14-10-17-14)13-8-6-12(7-9-13)11-4-2-1-3-5-11/h6-9,11,14H,1-5,10H2.